The molecular weight excluding hydrogens is 282 g/mol. The first kappa shape index (κ1) is 12.1. The summed E-state index contributed by atoms with van der Waals surface area (Å²) in [7, 11) is 1.67. The molecule has 0 aliphatic heterocycles. The first-order valence-corrected chi connectivity index (χ1v) is 6.05. The summed E-state index contributed by atoms with van der Waals surface area (Å²) in [6.07, 6.45) is 3.73. The Labute approximate surface area is 109 Å². The molecule has 0 amide bonds. The Morgan fingerprint density at radius 3 is 2.94 bits per heavy atom. The highest BCUT2D eigenvalue weighted by Crippen LogP contribution is 2.23. The molecule has 0 fully saturated rings. The van der Waals surface area contributed by atoms with Crippen LogP contribution >= 0.6 is 15.9 Å². The molecule has 0 unspecified atom stereocenters. The predicted molar refractivity (Wildman–Crippen MR) is 69.9 cm³/mol. The number of hydrogen-bond donors (Lipinski definition) is 1. The number of hydrogen-bond acceptors (Lipinski definition) is 3. The number of aromatic nitrogens is 2. The Bertz CT molecular complexity index is 510. The first-order chi connectivity index (χ1) is 8.22. The van der Waals surface area contributed by atoms with Gasteiger partial charge in [-0.25, -0.2) is 4.98 Å². The van der Waals surface area contributed by atoms with Gasteiger partial charge in [-0.3, -0.25) is 0 Å². The van der Waals surface area contributed by atoms with Gasteiger partial charge in [0.25, 0.3) is 0 Å². The minimum Gasteiger partial charge on any atom is -0.496 e. The van der Waals surface area contributed by atoms with E-state index >= 15 is 0 Å². The van der Waals surface area contributed by atoms with E-state index in [2.05, 4.69) is 20.9 Å². The molecule has 0 atom stereocenters. The summed E-state index contributed by atoms with van der Waals surface area (Å²) in [5.41, 5.74) is 7.52. The van der Waals surface area contributed by atoms with Crippen LogP contribution in [0.4, 0.5) is 0 Å². The lowest BCUT2D eigenvalue weighted by molar-refractivity contribution is 0.408. The molecule has 0 saturated heterocycles. The fraction of sp³-hybridized carbons (Fsp3) is 0.250. The summed E-state index contributed by atoms with van der Waals surface area (Å²) in [4.78, 5) is 4.19. The van der Waals surface area contributed by atoms with E-state index in [1.54, 1.807) is 13.4 Å². The fourth-order valence-corrected chi connectivity index (χ4v) is 2.07. The highest BCUT2D eigenvalue weighted by molar-refractivity contribution is 9.10. The molecule has 0 saturated carbocycles. The van der Waals surface area contributed by atoms with E-state index in [4.69, 9.17) is 10.5 Å². The quantitative estimate of drug-likeness (QED) is 0.940. The van der Waals surface area contributed by atoms with Crippen LogP contribution in [0.5, 0.6) is 5.75 Å². The van der Waals surface area contributed by atoms with Gasteiger partial charge in [0, 0.05) is 22.8 Å². The summed E-state index contributed by atoms with van der Waals surface area (Å²) in [6.45, 7) is 1.18. The third kappa shape index (κ3) is 2.87. The number of benzene rings is 1. The van der Waals surface area contributed by atoms with Crippen molar-refractivity contribution in [2.45, 2.75) is 13.1 Å². The van der Waals surface area contributed by atoms with Gasteiger partial charge in [-0.1, -0.05) is 15.9 Å². The SMILES string of the molecule is COc1ccc(Br)cc1Cn1cnc(CN)c1. The molecular formula is C12H14BrN3O. The van der Waals surface area contributed by atoms with E-state index < -0.39 is 0 Å². The molecule has 0 bridgehead atoms. The van der Waals surface area contributed by atoms with Crippen LogP contribution in [0.1, 0.15) is 11.3 Å². The third-order valence-electron chi connectivity index (χ3n) is 2.49. The topological polar surface area (TPSA) is 53.1 Å². The van der Waals surface area contributed by atoms with Crippen molar-refractivity contribution in [3.63, 3.8) is 0 Å². The smallest absolute Gasteiger partial charge is 0.123 e. The van der Waals surface area contributed by atoms with Crippen LogP contribution in [0.25, 0.3) is 0 Å². The molecule has 4 nitrogen and oxygen atoms in total. The minimum atomic E-state index is 0.461. The van der Waals surface area contributed by atoms with Crippen molar-refractivity contribution < 1.29 is 4.74 Å². The number of nitrogens with zero attached hydrogens (tertiary/aromatic N) is 2. The molecule has 0 aliphatic rings. The molecule has 0 radical (unpaired) electrons. The van der Waals surface area contributed by atoms with Crippen LogP contribution in [-0.2, 0) is 13.1 Å². The second-order valence-corrected chi connectivity index (χ2v) is 4.61. The van der Waals surface area contributed by atoms with Gasteiger partial charge < -0.3 is 15.0 Å². The monoisotopic (exact) mass is 295 g/mol. The van der Waals surface area contributed by atoms with Gasteiger partial charge >= 0.3 is 0 Å². The highest BCUT2D eigenvalue weighted by Gasteiger charge is 2.05. The van der Waals surface area contributed by atoms with Crippen molar-refractivity contribution in [1.82, 2.24) is 9.55 Å². The largest absolute Gasteiger partial charge is 0.496 e. The summed E-state index contributed by atoms with van der Waals surface area (Å²) < 4.78 is 8.35. The van der Waals surface area contributed by atoms with Crippen molar-refractivity contribution in [2.24, 2.45) is 5.73 Å². The van der Waals surface area contributed by atoms with Crippen LogP contribution in [0.3, 0.4) is 0 Å². The van der Waals surface area contributed by atoms with Gasteiger partial charge in [0.15, 0.2) is 0 Å². The molecule has 5 heteroatoms. The number of imidazole rings is 1. The van der Waals surface area contributed by atoms with E-state index in [-0.39, 0.29) is 0 Å². The van der Waals surface area contributed by atoms with Gasteiger partial charge in [-0.05, 0) is 18.2 Å². The summed E-state index contributed by atoms with van der Waals surface area (Å²) in [6, 6.07) is 5.95. The van der Waals surface area contributed by atoms with Crippen molar-refractivity contribution in [2.75, 3.05) is 7.11 Å². The van der Waals surface area contributed by atoms with Crippen LogP contribution < -0.4 is 10.5 Å². The lowest BCUT2D eigenvalue weighted by atomic mass is 10.2. The fourth-order valence-electron chi connectivity index (χ4n) is 1.67. The van der Waals surface area contributed by atoms with E-state index in [0.29, 0.717) is 6.54 Å². The van der Waals surface area contributed by atoms with Crippen LogP contribution in [0.15, 0.2) is 35.2 Å². The molecule has 2 N–H and O–H groups in total. The number of ether oxygens (including phenoxy) is 1. The van der Waals surface area contributed by atoms with Gasteiger partial charge in [-0.15, -0.1) is 0 Å². The van der Waals surface area contributed by atoms with Crippen LogP contribution in [0.2, 0.25) is 0 Å². The Kier molecular flexibility index (Phi) is 3.81. The Hall–Kier alpha value is -1.33. The van der Waals surface area contributed by atoms with Gasteiger partial charge in [0.1, 0.15) is 5.75 Å². The molecule has 1 aromatic carbocycles. The van der Waals surface area contributed by atoms with Gasteiger partial charge in [-0.2, -0.15) is 0 Å². The van der Waals surface area contributed by atoms with Crippen molar-refractivity contribution in [3.8, 4) is 5.75 Å². The zero-order chi connectivity index (χ0) is 12.3. The van der Waals surface area contributed by atoms with Gasteiger partial charge in [0.05, 0.1) is 25.7 Å². The summed E-state index contributed by atoms with van der Waals surface area (Å²) in [5, 5.41) is 0. The molecule has 1 aromatic heterocycles. The molecule has 1 heterocycles. The molecule has 2 aromatic rings. The number of halogens is 1. The number of nitrogens with two attached hydrogens (primary N) is 1. The van der Waals surface area contributed by atoms with Crippen LogP contribution in [-0.4, -0.2) is 16.7 Å². The van der Waals surface area contributed by atoms with Crippen LogP contribution in [0, 0.1) is 0 Å². The number of methoxy groups -OCH3 is 1. The normalized spacial score (nSPS) is 10.5. The maximum absolute atomic E-state index is 5.53. The zero-order valence-corrected chi connectivity index (χ0v) is 11.1. The Morgan fingerprint density at radius 1 is 1.47 bits per heavy atom. The second kappa shape index (κ2) is 5.33. The first-order valence-electron chi connectivity index (χ1n) is 5.26. The molecule has 17 heavy (non-hydrogen) atoms. The Morgan fingerprint density at radius 2 is 2.29 bits per heavy atom. The van der Waals surface area contributed by atoms with Crippen molar-refractivity contribution >= 4 is 15.9 Å². The molecule has 90 valence electrons. The predicted octanol–water partition coefficient (Wildman–Crippen LogP) is 2.16. The lowest BCUT2D eigenvalue weighted by Gasteiger charge is -2.09. The maximum Gasteiger partial charge on any atom is 0.123 e. The average Bonchev–Trinajstić information content (AvgIpc) is 2.77. The molecule has 2 rings (SSSR count). The van der Waals surface area contributed by atoms with Crippen molar-refractivity contribution in [3.05, 3.63) is 46.5 Å². The van der Waals surface area contributed by atoms with E-state index in [1.165, 1.54) is 0 Å². The maximum atomic E-state index is 5.53. The number of rotatable bonds is 4. The highest BCUT2D eigenvalue weighted by atomic mass is 79.9. The minimum absolute atomic E-state index is 0.461. The second-order valence-electron chi connectivity index (χ2n) is 3.70. The molecule has 0 aliphatic carbocycles. The summed E-state index contributed by atoms with van der Waals surface area (Å²) >= 11 is 3.46. The lowest BCUT2D eigenvalue weighted by Crippen LogP contribution is -2.00. The van der Waals surface area contributed by atoms with E-state index in [9.17, 15) is 0 Å². The van der Waals surface area contributed by atoms with Gasteiger partial charge in [0.2, 0.25) is 0 Å². The molecule has 0 spiro atoms. The average molecular weight is 296 g/mol. The van der Waals surface area contributed by atoms with E-state index in [1.807, 2.05) is 29.0 Å². The van der Waals surface area contributed by atoms with Crippen molar-refractivity contribution in [1.29, 1.82) is 0 Å². The Balaban J connectivity index is 2.25. The standard InChI is InChI=1S/C12H14BrN3O/c1-17-12-3-2-10(13)4-9(12)6-16-7-11(5-14)15-8-16/h2-4,7-8H,5-6,14H2,1H3. The summed E-state index contributed by atoms with van der Waals surface area (Å²) in [5.74, 6) is 0.871. The third-order valence-corrected chi connectivity index (χ3v) is 2.98. The van der Waals surface area contributed by atoms with E-state index in [0.717, 1.165) is 28.0 Å². The zero-order valence-electron chi connectivity index (χ0n) is 9.56.